The Labute approximate surface area is 247 Å². The maximum Gasteiger partial charge on any atom is 0.280 e. The number of hydrogen-bond acceptors (Lipinski definition) is 7. The van der Waals surface area contributed by atoms with Crippen LogP contribution in [0, 0.1) is 5.82 Å². The second-order valence-corrected chi connectivity index (χ2v) is 12.1. The van der Waals surface area contributed by atoms with E-state index in [2.05, 4.69) is 10.1 Å². The number of anilines is 1. The number of thiazole rings is 1. The van der Waals surface area contributed by atoms with Crippen molar-refractivity contribution in [3.8, 4) is 5.75 Å². The summed E-state index contributed by atoms with van der Waals surface area (Å²) >= 11 is 1.12. The molecule has 1 amide bonds. The van der Waals surface area contributed by atoms with E-state index >= 15 is 0 Å². The Morgan fingerprint density at radius 1 is 1.00 bits per heavy atom. The van der Waals surface area contributed by atoms with E-state index in [-0.39, 0.29) is 28.7 Å². The molecule has 5 aromatic rings. The number of carbonyl (C=O) groups is 1. The van der Waals surface area contributed by atoms with Crippen LogP contribution in [0.15, 0.2) is 107 Å². The Kier molecular flexibility index (Phi) is 8.72. The third-order valence-corrected chi connectivity index (χ3v) is 9.37. The highest BCUT2D eigenvalue weighted by Crippen LogP contribution is 2.31. The van der Waals surface area contributed by atoms with Crippen molar-refractivity contribution >= 4 is 48.8 Å². The van der Waals surface area contributed by atoms with Crippen LogP contribution in [0.2, 0.25) is 0 Å². The second kappa shape index (κ2) is 12.6. The molecule has 0 radical (unpaired) electrons. The predicted octanol–water partition coefficient (Wildman–Crippen LogP) is 6.34. The zero-order valence-corrected chi connectivity index (χ0v) is 24.5. The van der Waals surface area contributed by atoms with Gasteiger partial charge in [0.25, 0.3) is 5.91 Å². The van der Waals surface area contributed by atoms with Gasteiger partial charge in [-0.25, -0.2) is 17.8 Å². The van der Waals surface area contributed by atoms with Crippen molar-refractivity contribution in [1.29, 1.82) is 0 Å². The molecule has 0 fully saturated rings. The maximum absolute atomic E-state index is 13.8. The van der Waals surface area contributed by atoms with Crippen molar-refractivity contribution < 1.29 is 22.3 Å². The van der Waals surface area contributed by atoms with Gasteiger partial charge in [0.15, 0.2) is 0 Å². The summed E-state index contributed by atoms with van der Waals surface area (Å²) < 4.78 is 47.8. The lowest BCUT2D eigenvalue weighted by Crippen LogP contribution is -2.30. The largest absolute Gasteiger partial charge is 0.497 e. The van der Waals surface area contributed by atoms with E-state index < -0.39 is 21.7 Å². The van der Waals surface area contributed by atoms with Crippen molar-refractivity contribution in [3.05, 3.63) is 120 Å². The van der Waals surface area contributed by atoms with Crippen LogP contribution in [0.25, 0.3) is 10.2 Å². The summed E-state index contributed by atoms with van der Waals surface area (Å²) in [5.41, 5.74) is 2.31. The molecular weight excluding hydrogens is 575 g/mol. The Balaban J connectivity index is 1.45. The average molecular weight is 603 g/mol. The quantitative estimate of drug-likeness (QED) is 0.138. The Bertz CT molecular complexity index is 1830. The minimum absolute atomic E-state index is 0.0700. The molecule has 0 atom stereocenters. The highest BCUT2D eigenvalue weighted by atomic mass is 32.2. The molecule has 0 N–H and O–H groups in total. The number of fused-ring (bicyclic) bond motifs is 1. The highest BCUT2D eigenvalue weighted by molar-refractivity contribution is 7.89. The molecule has 0 unspecified atom stereocenters. The molecular formula is C31H27FN4O4S2. The van der Waals surface area contributed by atoms with E-state index in [4.69, 9.17) is 4.74 Å². The molecule has 8 nitrogen and oxygen atoms in total. The summed E-state index contributed by atoms with van der Waals surface area (Å²) in [5.74, 6) is -0.268. The van der Waals surface area contributed by atoms with Crippen molar-refractivity contribution in [2.24, 2.45) is 5.10 Å². The fraction of sp³-hybridized carbons (Fsp3) is 0.129. The number of benzene rings is 4. The summed E-state index contributed by atoms with van der Waals surface area (Å²) in [5, 5.41) is 5.79. The molecule has 0 bridgehead atoms. The summed E-state index contributed by atoms with van der Waals surface area (Å²) in [6.45, 7) is 2.29. The van der Waals surface area contributed by atoms with Crippen LogP contribution in [0.4, 0.5) is 9.52 Å². The maximum atomic E-state index is 13.8. The monoisotopic (exact) mass is 602 g/mol. The molecule has 0 saturated heterocycles. The van der Waals surface area contributed by atoms with E-state index in [0.717, 1.165) is 21.9 Å². The second-order valence-electron chi connectivity index (χ2n) is 9.18. The van der Waals surface area contributed by atoms with Crippen LogP contribution in [0.3, 0.4) is 0 Å². The number of halogens is 1. The fourth-order valence-electron chi connectivity index (χ4n) is 4.17. The van der Waals surface area contributed by atoms with Gasteiger partial charge in [0.2, 0.25) is 15.2 Å². The number of rotatable bonds is 10. The molecule has 0 saturated carbocycles. The summed E-state index contributed by atoms with van der Waals surface area (Å²) in [6.07, 6.45) is 1.51. The minimum Gasteiger partial charge on any atom is -0.497 e. The molecule has 0 spiro atoms. The number of amides is 1. The SMILES string of the molecule is CCN(Cc1ccccc1)S(=O)(=O)c1ccc(C(=O)N(/N=C/c2ccc(OC)cc2)c2nc3ccc(F)cc3s2)cc1. The molecule has 42 heavy (non-hydrogen) atoms. The predicted molar refractivity (Wildman–Crippen MR) is 163 cm³/mol. The molecule has 214 valence electrons. The molecule has 4 aromatic carbocycles. The molecule has 11 heteroatoms. The van der Waals surface area contributed by atoms with Crippen molar-refractivity contribution in [3.63, 3.8) is 0 Å². The van der Waals surface area contributed by atoms with Crippen molar-refractivity contribution in [2.45, 2.75) is 18.4 Å². The van der Waals surface area contributed by atoms with E-state index in [1.165, 1.54) is 53.0 Å². The van der Waals surface area contributed by atoms with Crippen molar-refractivity contribution in [1.82, 2.24) is 9.29 Å². The van der Waals surface area contributed by atoms with Crippen LogP contribution >= 0.6 is 11.3 Å². The van der Waals surface area contributed by atoms with Gasteiger partial charge in [-0.05, 0) is 77.9 Å². The third kappa shape index (κ3) is 6.38. The van der Waals surface area contributed by atoms with Crippen LogP contribution in [0.1, 0.15) is 28.4 Å². The Hall–Kier alpha value is -4.45. The lowest BCUT2D eigenvalue weighted by atomic mass is 10.2. The minimum atomic E-state index is -3.81. The molecule has 0 aliphatic rings. The summed E-state index contributed by atoms with van der Waals surface area (Å²) in [6, 6.07) is 26.4. The smallest absolute Gasteiger partial charge is 0.280 e. The number of carbonyl (C=O) groups excluding carboxylic acids is 1. The van der Waals surface area contributed by atoms with E-state index in [1.807, 2.05) is 30.3 Å². The molecule has 0 aliphatic heterocycles. The number of ether oxygens (including phenoxy) is 1. The number of hydrazone groups is 1. The van der Waals surface area contributed by atoms with Crippen LogP contribution < -0.4 is 9.75 Å². The van der Waals surface area contributed by atoms with Gasteiger partial charge in [0, 0.05) is 18.7 Å². The summed E-state index contributed by atoms with van der Waals surface area (Å²) in [7, 11) is -2.25. The number of hydrogen-bond donors (Lipinski definition) is 0. The van der Waals surface area contributed by atoms with Crippen LogP contribution in [0.5, 0.6) is 5.75 Å². The van der Waals surface area contributed by atoms with Gasteiger partial charge in [-0.2, -0.15) is 14.4 Å². The zero-order chi connectivity index (χ0) is 29.7. The van der Waals surface area contributed by atoms with Gasteiger partial charge in [-0.1, -0.05) is 48.6 Å². The molecule has 1 heterocycles. The lowest BCUT2D eigenvalue weighted by molar-refractivity contribution is 0.0987. The lowest BCUT2D eigenvalue weighted by Gasteiger charge is -2.21. The first-order valence-electron chi connectivity index (χ1n) is 13.0. The van der Waals surface area contributed by atoms with Gasteiger partial charge in [0.05, 0.1) is 28.4 Å². The molecule has 0 aliphatic carbocycles. The number of sulfonamides is 1. The van der Waals surface area contributed by atoms with E-state index in [0.29, 0.717) is 21.5 Å². The fourth-order valence-corrected chi connectivity index (χ4v) is 6.56. The van der Waals surface area contributed by atoms with Gasteiger partial charge >= 0.3 is 0 Å². The molecule has 1 aromatic heterocycles. The Morgan fingerprint density at radius 2 is 1.71 bits per heavy atom. The normalized spacial score (nSPS) is 11.8. The van der Waals surface area contributed by atoms with Gasteiger partial charge in [0.1, 0.15) is 11.6 Å². The highest BCUT2D eigenvalue weighted by Gasteiger charge is 2.25. The topological polar surface area (TPSA) is 92.2 Å². The van der Waals surface area contributed by atoms with E-state index in [1.54, 1.807) is 38.3 Å². The van der Waals surface area contributed by atoms with Gasteiger partial charge < -0.3 is 4.74 Å². The van der Waals surface area contributed by atoms with Crippen LogP contribution in [-0.4, -0.2) is 43.5 Å². The number of aromatic nitrogens is 1. The first-order chi connectivity index (χ1) is 20.3. The molecule has 5 rings (SSSR count). The van der Waals surface area contributed by atoms with Gasteiger partial charge in [-0.15, -0.1) is 0 Å². The standard InChI is InChI=1S/C31H27FN4O4S2/c1-3-35(21-23-7-5-4-6-8-23)42(38,39)27-16-11-24(12-17-27)30(37)36(33-20-22-9-14-26(40-2)15-10-22)31-34-28-18-13-25(32)19-29(28)41-31/h4-20H,3,21H2,1-2H3/b33-20+. The van der Waals surface area contributed by atoms with Gasteiger partial charge in [-0.3, -0.25) is 4.79 Å². The Morgan fingerprint density at radius 3 is 2.38 bits per heavy atom. The zero-order valence-electron chi connectivity index (χ0n) is 22.8. The first-order valence-corrected chi connectivity index (χ1v) is 15.3. The average Bonchev–Trinajstić information content (AvgIpc) is 3.43. The number of methoxy groups -OCH3 is 1. The number of nitrogens with zero attached hydrogens (tertiary/aromatic N) is 4. The third-order valence-electron chi connectivity index (χ3n) is 6.44. The summed E-state index contributed by atoms with van der Waals surface area (Å²) in [4.78, 5) is 18.3. The van der Waals surface area contributed by atoms with Crippen molar-refractivity contribution in [2.75, 3.05) is 18.7 Å². The van der Waals surface area contributed by atoms with Crippen LogP contribution in [-0.2, 0) is 16.6 Å². The van der Waals surface area contributed by atoms with E-state index in [9.17, 15) is 17.6 Å². The first kappa shape index (κ1) is 29.1.